The molecule has 1 fully saturated rings. The van der Waals surface area contributed by atoms with Crippen LogP contribution in [0, 0.1) is 12.5 Å². The molecule has 240 valence electrons. The second-order valence-electron chi connectivity index (χ2n) is 14.3. The third-order valence-corrected chi connectivity index (χ3v) is 13.1. The molecule has 3 rings (SSSR count). The summed E-state index contributed by atoms with van der Waals surface area (Å²) in [7, 11) is -0.527. The Balaban J connectivity index is 1.83. The highest BCUT2D eigenvalue weighted by molar-refractivity contribution is 6.74. The lowest BCUT2D eigenvalue weighted by Gasteiger charge is -2.38. The number of nitrogens with zero attached hydrogens (tertiary/aromatic N) is 3. The van der Waals surface area contributed by atoms with Crippen molar-refractivity contribution in [1.82, 2.24) is 9.80 Å². The van der Waals surface area contributed by atoms with Gasteiger partial charge in [0.2, 0.25) is 0 Å². The smallest absolute Gasteiger partial charge is 0.410 e. The van der Waals surface area contributed by atoms with Crippen molar-refractivity contribution >= 4 is 26.1 Å². The van der Waals surface area contributed by atoms with Crippen molar-refractivity contribution in [1.29, 1.82) is 0 Å². The maximum Gasteiger partial charge on any atom is 0.410 e. The summed E-state index contributed by atoms with van der Waals surface area (Å²) in [5, 5.41) is 0.121. The highest BCUT2D eigenvalue weighted by Gasteiger charge is 2.37. The highest BCUT2D eigenvalue weighted by Crippen LogP contribution is 2.36. The molecule has 8 nitrogen and oxygen atoms in total. The van der Waals surface area contributed by atoms with Crippen molar-refractivity contribution < 1.29 is 23.5 Å². The van der Waals surface area contributed by atoms with Crippen LogP contribution < -0.4 is 0 Å². The molecule has 1 saturated heterocycles. The number of benzene rings is 2. The van der Waals surface area contributed by atoms with Crippen molar-refractivity contribution in [3.63, 3.8) is 0 Å². The molecule has 44 heavy (non-hydrogen) atoms. The van der Waals surface area contributed by atoms with Crippen LogP contribution >= 0.6 is 0 Å². The molecule has 1 heterocycles. The van der Waals surface area contributed by atoms with E-state index in [0.717, 1.165) is 42.6 Å². The van der Waals surface area contributed by atoms with E-state index >= 15 is 0 Å². The van der Waals surface area contributed by atoms with E-state index in [1.165, 1.54) is 7.11 Å². The molecule has 9 heteroatoms. The topological polar surface area (TPSA) is 72.7 Å². The minimum absolute atomic E-state index is 0.121. The number of hydrogen-bond donors (Lipinski definition) is 0. The number of piperidine rings is 1. The molecule has 0 unspecified atom stereocenters. The van der Waals surface area contributed by atoms with Gasteiger partial charge in [-0.15, -0.1) is 0 Å². The van der Waals surface area contributed by atoms with Crippen LogP contribution in [0.4, 0.5) is 10.5 Å². The van der Waals surface area contributed by atoms with Gasteiger partial charge in [-0.2, -0.15) is 0 Å². The number of ether oxygens (including phenoxy) is 2. The van der Waals surface area contributed by atoms with Crippen LogP contribution in [0.2, 0.25) is 18.1 Å². The Morgan fingerprint density at radius 1 is 1.02 bits per heavy atom. The van der Waals surface area contributed by atoms with E-state index in [1.807, 2.05) is 56.0 Å². The number of rotatable bonds is 10. The second kappa shape index (κ2) is 14.7. The molecule has 0 bridgehead atoms. The van der Waals surface area contributed by atoms with Gasteiger partial charge in [0.05, 0.1) is 19.2 Å². The zero-order valence-corrected chi connectivity index (χ0v) is 29.2. The van der Waals surface area contributed by atoms with Gasteiger partial charge < -0.3 is 18.8 Å². The van der Waals surface area contributed by atoms with Crippen molar-refractivity contribution in [3.05, 3.63) is 65.0 Å². The van der Waals surface area contributed by atoms with Gasteiger partial charge in [-0.1, -0.05) is 39.0 Å². The summed E-state index contributed by atoms with van der Waals surface area (Å²) in [4.78, 5) is 33.1. The third-order valence-electron chi connectivity index (χ3n) is 8.59. The molecule has 0 N–H and O–H groups in total. The number of hydrogen-bond acceptors (Lipinski definition) is 6. The van der Waals surface area contributed by atoms with Gasteiger partial charge in [0, 0.05) is 39.3 Å². The van der Waals surface area contributed by atoms with Crippen molar-refractivity contribution in [2.24, 2.45) is 5.92 Å². The van der Waals surface area contributed by atoms with Gasteiger partial charge in [0.25, 0.3) is 0 Å². The predicted octanol–water partition coefficient (Wildman–Crippen LogP) is 8.16. The van der Waals surface area contributed by atoms with Gasteiger partial charge in [-0.05, 0) is 98.6 Å². The maximum atomic E-state index is 12.7. The largest absolute Gasteiger partial charge is 0.465 e. The Morgan fingerprint density at radius 3 is 2.30 bits per heavy atom. The van der Waals surface area contributed by atoms with Gasteiger partial charge in [-0.25, -0.2) is 14.4 Å². The quantitative estimate of drug-likeness (QED) is 0.151. The van der Waals surface area contributed by atoms with E-state index < -0.39 is 19.9 Å². The molecule has 0 aliphatic carbocycles. The lowest BCUT2D eigenvalue weighted by atomic mass is 9.95. The SMILES string of the molecule is [C-]#[N+]c1cccc(-c2cc(CN(CCO[Si](C)(C)C(C)(C)C)CC3CCN(C(=O)OC(C)(C)C)CC3)cc(C(=O)OC)c2)c1. The van der Waals surface area contributed by atoms with Gasteiger partial charge >= 0.3 is 12.1 Å². The van der Waals surface area contributed by atoms with E-state index in [4.69, 9.17) is 20.5 Å². The van der Waals surface area contributed by atoms with Crippen molar-refractivity contribution in [2.75, 3.05) is 39.9 Å². The molecule has 2 aromatic carbocycles. The van der Waals surface area contributed by atoms with Crippen LogP contribution in [0.5, 0.6) is 0 Å². The number of carbonyl (C=O) groups excluding carboxylic acids is 2. The Bertz CT molecular complexity index is 1330. The summed E-state index contributed by atoms with van der Waals surface area (Å²) in [6, 6.07) is 13.3. The molecule has 1 aliphatic rings. The summed E-state index contributed by atoms with van der Waals surface area (Å²) in [6.07, 6.45) is 1.55. The van der Waals surface area contributed by atoms with E-state index in [-0.39, 0.29) is 11.1 Å². The number of likely N-dealkylation sites (tertiary alicyclic amines) is 1. The lowest BCUT2D eigenvalue weighted by Crippen LogP contribution is -2.45. The van der Waals surface area contributed by atoms with Crippen molar-refractivity contribution in [3.8, 4) is 11.1 Å². The Hall–Kier alpha value is -3.19. The molecular formula is C35H51N3O5Si. The first kappa shape index (κ1) is 35.3. The normalized spacial score (nSPS) is 14.8. The van der Waals surface area contributed by atoms with Crippen LogP contribution in [0.3, 0.4) is 0 Å². The number of esters is 1. The molecule has 0 spiro atoms. The standard InChI is InChI=1S/C35H51N3O5Si/c1-34(2,3)43-33(40)38-16-14-26(15-17-38)24-37(18-19-42-44(9,10)35(4,5)6)25-27-20-29(22-30(21-27)32(39)41-8)28-12-11-13-31(23-28)36-7/h11-13,20-23,26H,14-19,24-25H2,1-6,8-10H3. The van der Waals surface area contributed by atoms with Crippen LogP contribution in [0.25, 0.3) is 16.0 Å². The average molecular weight is 622 g/mol. The minimum Gasteiger partial charge on any atom is -0.465 e. The maximum absolute atomic E-state index is 12.7. The predicted molar refractivity (Wildman–Crippen MR) is 178 cm³/mol. The first-order chi connectivity index (χ1) is 20.5. The molecule has 2 aromatic rings. The Morgan fingerprint density at radius 2 is 1.70 bits per heavy atom. The zero-order valence-electron chi connectivity index (χ0n) is 28.2. The fourth-order valence-corrected chi connectivity index (χ4v) is 6.10. The molecule has 0 atom stereocenters. The highest BCUT2D eigenvalue weighted by atomic mass is 28.4. The summed E-state index contributed by atoms with van der Waals surface area (Å²) >= 11 is 0. The molecular weight excluding hydrogens is 570 g/mol. The second-order valence-corrected chi connectivity index (χ2v) is 19.1. The van der Waals surface area contributed by atoms with Crippen LogP contribution in [0.1, 0.15) is 70.3 Å². The summed E-state index contributed by atoms with van der Waals surface area (Å²) in [5.41, 5.74) is 3.27. The van der Waals surface area contributed by atoms with Gasteiger partial charge in [0.15, 0.2) is 14.0 Å². The van der Waals surface area contributed by atoms with Gasteiger partial charge in [-0.3, -0.25) is 4.90 Å². The fourth-order valence-electron chi connectivity index (χ4n) is 5.07. The Kier molecular flexibility index (Phi) is 11.8. The monoisotopic (exact) mass is 621 g/mol. The van der Waals surface area contributed by atoms with Crippen LogP contribution in [-0.4, -0.2) is 75.7 Å². The van der Waals surface area contributed by atoms with E-state index in [2.05, 4.69) is 49.7 Å². The molecule has 0 saturated carbocycles. The van der Waals surface area contributed by atoms with Gasteiger partial charge in [0.1, 0.15) is 5.60 Å². The first-order valence-corrected chi connectivity index (χ1v) is 18.5. The fraction of sp³-hybridized carbons (Fsp3) is 0.571. The number of methoxy groups -OCH3 is 1. The van der Waals surface area contributed by atoms with E-state index in [9.17, 15) is 9.59 Å². The minimum atomic E-state index is -1.92. The summed E-state index contributed by atoms with van der Waals surface area (Å²) < 4.78 is 17.3. The van der Waals surface area contributed by atoms with E-state index in [0.29, 0.717) is 43.4 Å². The Labute approximate surface area is 265 Å². The first-order valence-electron chi connectivity index (χ1n) is 15.6. The van der Waals surface area contributed by atoms with E-state index in [1.54, 1.807) is 6.07 Å². The zero-order chi connectivity index (χ0) is 32.7. The number of carbonyl (C=O) groups is 2. The molecule has 0 radical (unpaired) electrons. The molecule has 1 amide bonds. The van der Waals surface area contributed by atoms with Crippen LogP contribution in [0.15, 0.2) is 42.5 Å². The molecule has 1 aliphatic heterocycles. The average Bonchev–Trinajstić information content (AvgIpc) is 2.95. The molecule has 0 aromatic heterocycles. The summed E-state index contributed by atoms with van der Waals surface area (Å²) in [6.45, 7) is 28.6. The summed E-state index contributed by atoms with van der Waals surface area (Å²) in [5.74, 6) is 0.0249. The lowest BCUT2D eigenvalue weighted by molar-refractivity contribution is 0.0166. The third kappa shape index (κ3) is 10.2. The number of amides is 1. The van der Waals surface area contributed by atoms with Crippen molar-refractivity contribution in [2.45, 2.75) is 84.7 Å². The van der Waals surface area contributed by atoms with Crippen LogP contribution in [-0.2, 0) is 20.4 Å².